The molecule has 4 nitrogen and oxygen atoms in total. The second-order valence-corrected chi connectivity index (χ2v) is 6.01. The molecule has 5 heteroatoms. The Bertz CT molecular complexity index is 458. The number of nitrogens with two attached hydrogens (primary N) is 1. The Morgan fingerprint density at radius 3 is 3.00 bits per heavy atom. The largest absolute Gasteiger partial charge is 0.382 e. The second-order valence-electron chi connectivity index (χ2n) is 5.09. The molecule has 2 rings (SSSR count). The van der Waals surface area contributed by atoms with Crippen LogP contribution in [0.25, 0.3) is 0 Å². The highest BCUT2D eigenvalue weighted by Crippen LogP contribution is 2.24. The molecule has 0 bridgehead atoms. The Balaban J connectivity index is 2.11. The monoisotopic (exact) mass is 325 g/mol. The van der Waals surface area contributed by atoms with Gasteiger partial charge in [0.15, 0.2) is 0 Å². The van der Waals surface area contributed by atoms with Gasteiger partial charge in [-0.2, -0.15) is 0 Å². The van der Waals surface area contributed by atoms with E-state index in [0.29, 0.717) is 17.5 Å². The number of hydrogen-bond donors (Lipinski definition) is 3. The third kappa shape index (κ3) is 3.70. The standard InChI is InChI=1S/C14H20BrN3O/c1-9(10-3-2-6-17-8-10)18-13-5-4-11(15)7-12(13)14(16)19/h4-5,7,9-10,17-18H,2-3,6,8H2,1H3,(H2,16,19). The van der Waals surface area contributed by atoms with Crippen LogP contribution >= 0.6 is 15.9 Å². The highest BCUT2D eigenvalue weighted by molar-refractivity contribution is 9.10. The molecule has 1 aromatic rings. The van der Waals surface area contributed by atoms with Crippen molar-refractivity contribution in [1.29, 1.82) is 0 Å². The van der Waals surface area contributed by atoms with E-state index >= 15 is 0 Å². The minimum Gasteiger partial charge on any atom is -0.382 e. The first-order chi connectivity index (χ1) is 9.08. The van der Waals surface area contributed by atoms with Crippen LogP contribution in [-0.2, 0) is 0 Å². The number of halogens is 1. The number of carbonyl (C=O) groups excluding carboxylic acids is 1. The van der Waals surface area contributed by atoms with Gasteiger partial charge in [0.2, 0.25) is 0 Å². The van der Waals surface area contributed by atoms with Crippen molar-refractivity contribution in [2.75, 3.05) is 18.4 Å². The average Bonchev–Trinajstić information content (AvgIpc) is 2.41. The molecule has 1 aliphatic rings. The lowest BCUT2D eigenvalue weighted by molar-refractivity contribution is 0.100. The molecule has 0 aliphatic carbocycles. The maximum atomic E-state index is 11.5. The maximum Gasteiger partial charge on any atom is 0.250 e. The molecule has 0 spiro atoms. The molecule has 19 heavy (non-hydrogen) atoms. The molecule has 4 N–H and O–H groups in total. The summed E-state index contributed by atoms with van der Waals surface area (Å²) in [5, 5.41) is 6.84. The fraction of sp³-hybridized carbons (Fsp3) is 0.500. The molecule has 1 heterocycles. The number of anilines is 1. The van der Waals surface area contributed by atoms with E-state index in [4.69, 9.17) is 5.73 Å². The summed E-state index contributed by atoms with van der Waals surface area (Å²) in [6.45, 7) is 4.29. The van der Waals surface area contributed by atoms with E-state index in [1.807, 2.05) is 12.1 Å². The molecule has 1 amide bonds. The number of benzene rings is 1. The zero-order valence-corrected chi connectivity index (χ0v) is 12.7. The molecule has 0 aromatic heterocycles. The lowest BCUT2D eigenvalue weighted by atomic mass is 9.92. The Morgan fingerprint density at radius 1 is 1.58 bits per heavy atom. The first kappa shape index (κ1) is 14.3. The van der Waals surface area contributed by atoms with Crippen LogP contribution in [0.1, 0.15) is 30.1 Å². The van der Waals surface area contributed by atoms with Crippen molar-refractivity contribution in [1.82, 2.24) is 5.32 Å². The van der Waals surface area contributed by atoms with E-state index in [2.05, 4.69) is 33.5 Å². The van der Waals surface area contributed by atoms with Crippen LogP contribution in [0.2, 0.25) is 0 Å². The van der Waals surface area contributed by atoms with Gasteiger partial charge >= 0.3 is 0 Å². The van der Waals surface area contributed by atoms with E-state index in [1.54, 1.807) is 6.07 Å². The van der Waals surface area contributed by atoms with Crippen molar-refractivity contribution < 1.29 is 4.79 Å². The lowest BCUT2D eigenvalue weighted by Gasteiger charge is -2.30. The average molecular weight is 326 g/mol. The minimum absolute atomic E-state index is 0.312. The molecular weight excluding hydrogens is 306 g/mol. The highest BCUT2D eigenvalue weighted by atomic mass is 79.9. The van der Waals surface area contributed by atoms with Crippen LogP contribution in [0, 0.1) is 5.92 Å². The van der Waals surface area contributed by atoms with Crippen molar-refractivity contribution in [3.8, 4) is 0 Å². The van der Waals surface area contributed by atoms with Gasteiger partial charge in [0.1, 0.15) is 0 Å². The summed E-state index contributed by atoms with van der Waals surface area (Å²) in [5.74, 6) is 0.177. The number of carbonyl (C=O) groups is 1. The van der Waals surface area contributed by atoms with Crippen molar-refractivity contribution in [3.05, 3.63) is 28.2 Å². The molecule has 0 radical (unpaired) electrons. The quantitative estimate of drug-likeness (QED) is 0.796. The topological polar surface area (TPSA) is 67.1 Å². The van der Waals surface area contributed by atoms with Gasteiger partial charge in [0.05, 0.1) is 5.56 Å². The number of hydrogen-bond acceptors (Lipinski definition) is 3. The van der Waals surface area contributed by atoms with E-state index in [9.17, 15) is 4.79 Å². The van der Waals surface area contributed by atoms with Crippen LogP contribution in [0.5, 0.6) is 0 Å². The predicted octanol–water partition coefficient (Wildman–Crippen LogP) is 2.35. The number of amides is 1. The van der Waals surface area contributed by atoms with Crippen LogP contribution < -0.4 is 16.4 Å². The molecule has 2 unspecified atom stereocenters. The van der Waals surface area contributed by atoms with Crippen molar-refractivity contribution in [2.45, 2.75) is 25.8 Å². The van der Waals surface area contributed by atoms with Crippen molar-refractivity contribution in [3.63, 3.8) is 0 Å². The number of nitrogens with one attached hydrogen (secondary N) is 2. The lowest BCUT2D eigenvalue weighted by Crippen LogP contribution is -2.39. The van der Waals surface area contributed by atoms with Gasteiger partial charge in [-0.05, 0) is 57.0 Å². The van der Waals surface area contributed by atoms with E-state index in [0.717, 1.165) is 23.2 Å². The van der Waals surface area contributed by atoms with E-state index in [1.165, 1.54) is 12.8 Å². The van der Waals surface area contributed by atoms with E-state index < -0.39 is 5.91 Å². The summed E-state index contributed by atoms with van der Waals surface area (Å²) in [6.07, 6.45) is 2.42. The second kappa shape index (κ2) is 6.39. The third-order valence-corrected chi connectivity index (χ3v) is 4.17. The van der Waals surface area contributed by atoms with Gasteiger partial charge in [0, 0.05) is 16.2 Å². The molecule has 0 saturated carbocycles. The Labute approximate surface area is 122 Å². The fourth-order valence-corrected chi connectivity index (χ4v) is 2.88. The number of rotatable bonds is 4. The summed E-state index contributed by atoms with van der Waals surface area (Å²) < 4.78 is 0.860. The van der Waals surface area contributed by atoms with Gasteiger partial charge < -0.3 is 16.4 Å². The first-order valence-electron chi connectivity index (χ1n) is 6.64. The molecule has 1 aliphatic heterocycles. The minimum atomic E-state index is -0.405. The molecular formula is C14H20BrN3O. The van der Waals surface area contributed by atoms with Gasteiger partial charge in [-0.15, -0.1) is 0 Å². The summed E-state index contributed by atoms with van der Waals surface area (Å²) in [5.41, 5.74) is 6.77. The van der Waals surface area contributed by atoms with Crippen molar-refractivity contribution in [2.24, 2.45) is 11.7 Å². The Hall–Kier alpha value is -1.07. The highest BCUT2D eigenvalue weighted by Gasteiger charge is 2.21. The van der Waals surface area contributed by atoms with Gasteiger partial charge in [-0.3, -0.25) is 4.79 Å². The van der Waals surface area contributed by atoms with Gasteiger partial charge in [0.25, 0.3) is 5.91 Å². The molecule has 104 valence electrons. The fourth-order valence-electron chi connectivity index (χ4n) is 2.51. The predicted molar refractivity (Wildman–Crippen MR) is 81.3 cm³/mol. The smallest absolute Gasteiger partial charge is 0.250 e. The van der Waals surface area contributed by atoms with Crippen LogP contribution in [-0.4, -0.2) is 25.0 Å². The zero-order valence-electron chi connectivity index (χ0n) is 11.1. The number of primary amides is 1. The molecule has 2 atom stereocenters. The maximum absolute atomic E-state index is 11.5. The summed E-state index contributed by atoms with van der Waals surface area (Å²) >= 11 is 3.36. The molecule has 1 saturated heterocycles. The summed E-state index contributed by atoms with van der Waals surface area (Å²) in [7, 11) is 0. The van der Waals surface area contributed by atoms with Crippen LogP contribution in [0.3, 0.4) is 0 Å². The van der Waals surface area contributed by atoms with Crippen molar-refractivity contribution >= 4 is 27.5 Å². The number of piperidine rings is 1. The Morgan fingerprint density at radius 2 is 2.37 bits per heavy atom. The van der Waals surface area contributed by atoms with Crippen LogP contribution in [0.4, 0.5) is 5.69 Å². The molecule has 1 aromatic carbocycles. The zero-order chi connectivity index (χ0) is 13.8. The third-order valence-electron chi connectivity index (χ3n) is 3.67. The first-order valence-corrected chi connectivity index (χ1v) is 7.44. The normalized spacial score (nSPS) is 20.8. The van der Waals surface area contributed by atoms with Gasteiger partial charge in [-0.1, -0.05) is 15.9 Å². The summed E-state index contributed by atoms with van der Waals surface area (Å²) in [4.78, 5) is 11.5. The van der Waals surface area contributed by atoms with E-state index in [-0.39, 0.29) is 0 Å². The van der Waals surface area contributed by atoms with Crippen LogP contribution in [0.15, 0.2) is 22.7 Å². The molecule has 1 fully saturated rings. The Kier molecular flexibility index (Phi) is 4.82. The van der Waals surface area contributed by atoms with Gasteiger partial charge in [-0.25, -0.2) is 0 Å². The SMILES string of the molecule is CC(Nc1ccc(Br)cc1C(N)=O)C1CCCNC1. The summed E-state index contributed by atoms with van der Waals surface area (Å²) in [6, 6.07) is 5.89.